The number of thiazole rings is 1. The van der Waals surface area contributed by atoms with Gasteiger partial charge in [-0.15, -0.1) is 11.3 Å². The summed E-state index contributed by atoms with van der Waals surface area (Å²) in [5.74, 6) is 1.57. The number of hydrogen-bond donors (Lipinski definition) is 1. The van der Waals surface area contributed by atoms with Gasteiger partial charge in [0.05, 0.1) is 10.4 Å². The van der Waals surface area contributed by atoms with Gasteiger partial charge in [0.1, 0.15) is 0 Å². The Labute approximate surface area is 130 Å². The summed E-state index contributed by atoms with van der Waals surface area (Å²) in [6.45, 7) is 6.56. The first kappa shape index (κ1) is 14.6. The van der Waals surface area contributed by atoms with Crippen molar-refractivity contribution in [3.05, 3.63) is 28.7 Å². The standard InChI is InChI=1S/C16H22N4S/c1-3-6-17-8-12-4-5-14-13(7-12)11(2)19-16(20-14)15-9-18-10-21-15/h9-10,12,17H,3-8H2,1-2H3. The molecule has 0 fully saturated rings. The molecule has 2 aromatic rings. The van der Waals surface area contributed by atoms with Crippen LogP contribution in [0.4, 0.5) is 0 Å². The van der Waals surface area contributed by atoms with Gasteiger partial charge < -0.3 is 5.32 Å². The fourth-order valence-electron chi connectivity index (χ4n) is 2.95. The van der Waals surface area contributed by atoms with Crippen LogP contribution in [0.25, 0.3) is 10.7 Å². The highest BCUT2D eigenvalue weighted by Crippen LogP contribution is 2.29. The number of aryl methyl sites for hydroxylation is 2. The first-order chi connectivity index (χ1) is 10.3. The van der Waals surface area contributed by atoms with Crippen molar-refractivity contribution in [1.29, 1.82) is 0 Å². The van der Waals surface area contributed by atoms with Crippen molar-refractivity contribution in [2.75, 3.05) is 13.1 Å². The van der Waals surface area contributed by atoms with Gasteiger partial charge in [0, 0.05) is 17.6 Å². The van der Waals surface area contributed by atoms with Crippen LogP contribution >= 0.6 is 11.3 Å². The molecule has 1 N–H and O–H groups in total. The van der Waals surface area contributed by atoms with Gasteiger partial charge in [-0.3, -0.25) is 4.98 Å². The van der Waals surface area contributed by atoms with E-state index in [4.69, 9.17) is 9.97 Å². The second-order valence-electron chi connectivity index (χ2n) is 5.74. The van der Waals surface area contributed by atoms with Gasteiger partial charge in [-0.05, 0) is 57.2 Å². The van der Waals surface area contributed by atoms with E-state index in [9.17, 15) is 0 Å². The summed E-state index contributed by atoms with van der Waals surface area (Å²) in [6, 6.07) is 0. The molecule has 0 bridgehead atoms. The highest BCUT2D eigenvalue weighted by molar-refractivity contribution is 7.13. The van der Waals surface area contributed by atoms with Crippen molar-refractivity contribution in [2.45, 2.75) is 39.5 Å². The number of rotatable bonds is 5. The fourth-order valence-corrected chi connectivity index (χ4v) is 3.51. The zero-order chi connectivity index (χ0) is 14.7. The molecular formula is C16H22N4S. The molecule has 3 rings (SSSR count). The van der Waals surface area contributed by atoms with Gasteiger partial charge in [0.2, 0.25) is 0 Å². The van der Waals surface area contributed by atoms with Crippen molar-refractivity contribution in [3.8, 4) is 10.7 Å². The second-order valence-corrected chi connectivity index (χ2v) is 6.62. The summed E-state index contributed by atoms with van der Waals surface area (Å²) in [4.78, 5) is 14.7. The molecule has 2 aromatic heterocycles. The van der Waals surface area contributed by atoms with E-state index < -0.39 is 0 Å². The van der Waals surface area contributed by atoms with Crippen molar-refractivity contribution < 1.29 is 0 Å². The fraction of sp³-hybridized carbons (Fsp3) is 0.562. The lowest BCUT2D eigenvalue weighted by molar-refractivity contribution is 0.419. The number of nitrogens with one attached hydrogen (secondary N) is 1. The first-order valence-corrected chi connectivity index (χ1v) is 8.62. The number of nitrogens with zero attached hydrogens (tertiary/aromatic N) is 3. The van der Waals surface area contributed by atoms with Crippen LogP contribution in [-0.2, 0) is 12.8 Å². The quantitative estimate of drug-likeness (QED) is 0.863. The third-order valence-corrected chi connectivity index (χ3v) is 4.86. The minimum absolute atomic E-state index is 0.723. The van der Waals surface area contributed by atoms with Crippen LogP contribution in [0.15, 0.2) is 11.7 Å². The minimum atomic E-state index is 0.723. The normalized spacial score (nSPS) is 17.7. The molecule has 1 aliphatic carbocycles. The highest BCUT2D eigenvalue weighted by atomic mass is 32.1. The van der Waals surface area contributed by atoms with Crippen LogP contribution in [0.5, 0.6) is 0 Å². The molecule has 0 amide bonds. The average molecular weight is 302 g/mol. The van der Waals surface area contributed by atoms with E-state index in [-0.39, 0.29) is 0 Å². The first-order valence-electron chi connectivity index (χ1n) is 7.74. The number of aromatic nitrogens is 3. The Morgan fingerprint density at radius 3 is 3.05 bits per heavy atom. The van der Waals surface area contributed by atoms with E-state index in [0.717, 1.165) is 48.2 Å². The van der Waals surface area contributed by atoms with Gasteiger partial charge in [-0.25, -0.2) is 9.97 Å². The molecule has 0 saturated heterocycles. The predicted molar refractivity (Wildman–Crippen MR) is 86.6 cm³/mol. The average Bonchev–Trinajstić information content (AvgIpc) is 3.02. The van der Waals surface area contributed by atoms with E-state index in [1.165, 1.54) is 24.1 Å². The Kier molecular flexibility index (Phi) is 4.60. The summed E-state index contributed by atoms with van der Waals surface area (Å²) in [5.41, 5.74) is 5.60. The van der Waals surface area contributed by atoms with Gasteiger partial charge in [0.15, 0.2) is 5.82 Å². The molecule has 112 valence electrons. The molecular weight excluding hydrogens is 280 g/mol. The molecule has 0 saturated carbocycles. The summed E-state index contributed by atoms with van der Waals surface area (Å²) >= 11 is 1.60. The van der Waals surface area contributed by atoms with Crippen LogP contribution in [-0.4, -0.2) is 28.0 Å². The van der Waals surface area contributed by atoms with E-state index in [0.29, 0.717) is 0 Å². The third kappa shape index (κ3) is 3.30. The summed E-state index contributed by atoms with van der Waals surface area (Å²) < 4.78 is 0. The number of hydrogen-bond acceptors (Lipinski definition) is 5. The Bertz CT molecular complexity index is 595. The second kappa shape index (κ2) is 6.62. The molecule has 1 atom stereocenters. The Morgan fingerprint density at radius 2 is 2.29 bits per heavy atom. The largest absolute Gasteiger partial charge is 0.316 e. The summed E-state index contributed by atoms with van der Waals surface area (Å²) in [6.07, 6.45) is 6.46. The van der Waals surface area contributed by atoms with Crippen molar-refractivity contribution in [3.63, 3.8) is 0 Å². The third-order valence-electron chi connectivity index (χ3n) is 4.09. The van der Waals surface area contributed by atoms with E-state index in [2.05, 4.69) is 24.1 Å². The molecule has 0 aromatic carbocycles. The van der Waals surface area contributed by atoms with Crippen LogP contribution in [0.3, 0.4) is 0 Å². The van der Waals surface area contributed by atoms with Crippen LogP contribution in [0.2, 0.25) is 0 Å². The summed E-state index contributed by atoms with van der Waals surface area (Å²) in [7, 11) is 0. The van der Waals surface area contributed by atoms with Crippen LogP contribution in [0.1, 0.15) is 36.7 Å². The lowest BCUT2D eigenvalue weighted by Crippen LogP contribution is -2.29. The van der Waals surface area contributed by atoms with Gasteiger partial charge in [-0.2, -0.15) is 0 Å². The van der Waals surface area contributed by atoms with Crippen LogP contribution < -0.4 is 5.32 Å². The highest BCUT2D eigenvalue weighted by Gasteiger charge is 2.22. The molecule has 0 spiro atoms. The lowest BCUT2D eigenvalue weighted by atomic mass is 9.85. The maximum Gasteiger partial charge on any atom is 0.171 e. The molecule has 5 heteroatoms. The molecule has 4 nitrogen and oxygen atoms in total. The van der Waals surface area contributed by atoms with Gasteiger partial charge >= 0.3 is 0 Å². The smallest absolute Gasteiger partial charge is 0.171 e. The molecule has 2 heterocycles. The SMILES string of the molecule is CCCNCC1CCc2nc(-c3cncs3)nc(C)c2C1. The van der Waals surface area contributed by atoms with Gasteiger partial charge in [0.25, 0.3) is 0 Å². The van der Waals surface area contributed by atoms with Crippen molar-refractivity contribution in [1.82, 2.24) is 20.3 Å². The molecule has 1 unspecified atom stereocenters. The van der Waals surface area contributed by atoms with Gasteiger partial charge in [-0.1, -0.05) is 6.92 Å². The minimum Gasteiger partial charge on any atom is -0.316 e. The van der Waals surface area contributed by atoms with Crippen LogP contribution in [0, 0.1) is 12.8 Å². The number of fused-ring (bicyclic) bond motifs is 1. The van der Waals surface area contributed by atoms with E-state index >= 15 is 0 Å². The van der Waals surface area contributed by atoms with E-state index in [1.807, 2.05) is 11.7 Å². The zero-order valence-corrected chi connectivity index (χ0v) is 13.5. The topological polar surface area (TPSA) is 50.7 Å². The predicted octanol–water partition coefficient (Wildman–Crippen LogP) is 3.01. The Morgan fingerprint density at radius 1 is 1.38 bits per heavy atom. The molecule has 1 aliphatic rings. The van der Waals surface area contributed by atoms with Crippen molar-refractivity contribution in [2.24, 2.45) is 5.92 Å². The molecule has 21 heavy (non-hydrogen) atoms. The molecule has 0 radical (unpaired) electrons. The maximum atomic E-state index is 4.79. The monoisotopic (exact) mass is 302 g/mol. The zero-order valence-electron chi connectivity index (χ0n) is 12.7. The lowest BCUT2D eigenvalue weighted by Gasteiger charge is -2.25. The van der Waals surface area contributed by atoms with E-state index in [1.54, 1.807) is 11.3 Å². The Balaban J connectivity index is 1.77. The maximum absolute atomic E-state index is 4.79. The Hall–Kier alpha value is -1.33. The summed E-state index contributed by atoms with van der Waals surface area (Å²) in [5, 5.41) is 3.54. The molecule has 0 aliphatic heterocycles. The van der Waals surface area contributed by atoms with Crippen molar-refractivity contribution >= 4 is 11.3 Å².